The Balaban J connectivity index is 1.90. The first-order valence-electron chi connectivity index (χ1n) is 10.5. The molecule has 1 saturated carbocycles. The van der Waals surface area contributed by atoms with Crippen LogP contribution >= 0.6 is 23.2 Å². The van der Waals surface area contributed by atoms with Crippen molar-refractivity contribution in [1.82, 2.24) is 15.1 Å². The van der Waals surface area contributed by atoms with Gasteiger partial charge in [-0.25, -0.2) is 4.68 Å². The minimum atomic E-state index is -4.64. The van der Waals surface area contributed by atoms with E-state index in [4.69, 9.17) is 28.9 Å². The predicted octanol–water partition coefficient (Wildman–Crippen LogP) is 3.57. The van der Waals surface area contributed by atoms with Gasteiger partial charge in [-0.2, -0.15) is 18.3 Å². The molecule has 3 aromatic rings. The summed E-state index contributed by atoms with van der Waals surface area (Å²) in [4.78, 5) is 12.5. The number of amides is 1. The van der Waals surface area contributed by atoms with Crippen LogP contribution in [0.2, 0.25) is 10.0 Å². The summed E-state index contributed by atoms with van der Waals surface area (Å²) in [6.45, 7) is 0.501. The maximum Gasteiger partial charge on any atom is 0.416 e. The zero-order valence-corrected chi connectivity index (χ0v) is 20.0. The summed E-state index contributed by atoms with van der Waals surface area (Å²) in [5.41, 5.74) is 5.64. The predicted molar refractivity (Wildman–Crippen MR) is 123 cm³/mol. The summed E-state index contributed by atoms with van der Waals surface area (Å²) >= 11 is 12.6. The molecule has 35 heavy (non-hydrogen) atoms. The van der Waals surface area contributed by atoms with Gasteiger partial charge in [-0.15, -0.1) is 0 Å². The van der Waals surface area contributed by atoms with Crippen LogP contribution in [0.15, 0.2) is 36.7 Å². The fourth-order valence-electron chi connectivity index (χ4n) is 4.01. The number of primary amides is 1. The molecule has 0 radical (unpaired) electrons. The fraction of sp³-hybridized carbons (Fsp3) is 0.318. The summed E-state index contributed by atoms with van der Waals surface area (Å²) in [5, 5.41) is 19.8. The van der Waals surface area contributed by atoms with Gasteiger partial charge in [0.1, 0.15) is 11.5 Å². The normalized spacial score (nSPS) is 14.7. The van der Waals surface area contributed by atoms with Crippen LogP contribution < -0.4 is 21.1 Å². The third kappa shape index (κ3) is 4.75. The van der Waals surface area contributed by atoms with Crippen molar-refractivity contribution >= 4 is 34.9 Å². The van der Waals surface area contributed by atoms with Crippen LogP contribution in [-0.4, -0.2) is 27.9 Å². The molecule has 0 spiro atoms. The number of hydrogen-bond donors (Lipinski definition) is 4. The third-order valence-electron chi connectivity index (χ3n) is 5.90. The SMILES string of the molecule is CNCc1nn(-c2c(Cl)cc(C(F)(F)F)cc2Cl)c(NCc2cc[n+](O)cc2)c1C1(C(N)=O)CC1. The molecule has 1 fully saturated rings. The smallest absolute Gasteiger partial charge is 0.369 e. The Kier molecular flexibility index (Phi) is 6.60. The quantitative estimate of drug-likeness (QED) is 0.263. The molecule has 0 unspecified atom stereocenters. The van der Waals surface area contributed by atoms with Crippen molar-refractivity contribution in [2.75, 3.05) is 12.4 Å². The number of pyridine rings is 1. The lowest BCUT2D eigenvalue weighted by atomic mass is 9.94. The van der Waals surface area contributed by atoms with E-state index in [1.54, 1.807) is 19.2 Å². The zero-order chi connectivity index (χ0) is 25.5. The summed E-state index contributed by atoms with van der Waals surface area (Å²) < 4.78 is 42.1. The Hall–Kier alpha value is -3.02. The maximum atomic E-state index is 13.3. The Bertz CT molecular complexity index is 1250. The van der Waals surface area contributed by atoms with E-state index in [9.17, 15) is 23.2 Å². The van der Waals surface area contributed by atoms with Gasteiger partial charge in [0.25, 0.3) is 0 Å². The average Bonchev–Trinajstić information content (AvgIpc) is 3.50. The maximum absolute atomic E-state index is 13.3. The number of anilines is 1. The molecule has 0 bridgehead atoms. The van der Waals surface area contributed by atoms with Crippen molar-refractivity contribution in [2.45, 2.75) is 37.5 Å². The molecule has 4 rings (SSSR count). The van der Waals surface area contributed by atoms with Gasteiger partial charge in [-0.05, 0) is 37.6 Å². The summed E-state index contributed by atoms with van der Waals surface area (Å²) in [5.74, 6) is -0.182. The van der Waals surface area contributed by atoms with E-state index in [1.165, 1.54) is 17.1 Å². The molecule has 8 nitrogen and oxygen atoms in total. The van der Waals surface area contributed by atoms with Gasteiger partial charge in [-0.1, -0.05) is 23.2 Å². The van der Waals surface area contributed by atoms with Crippen LogP contribution in [0, 0.1) is 0 Å². The molecule has 0 atom stereocenters. The molecule has 2 aromatic heterocycles. The largest absolute Gasteiger partial charge is 0.416 e. The van der Waals surface area contributed by atoms with Crippen molar-refractivity contribution in [3.8, 4) is 5.69 Å². The van der Waals surface area contributed by atoms with Gasteiger partial charge in [0.05, 0.1) is 26.7 Å². The standard InChI is InChI=1S/C22H21Cl2F3N6O2/c1-29-11-16-17(21(4-5-21)20(28)34)19(30-10-12-2-6-32(35)7-3-12)33(31-16)18-14(23)8-13(9-15(18)24)22(25,26)27/h2-3,6-9,29H,4-5,10-11H2,1H3,(H3-,28,30,31,34,35)/p+1. The number of carbonyl (C=O) groups excluding carboxylic acids is 1. The number of alkyl halides is 3. The number of nitrogens with zero attached hydrogens (tertiary/aromatic N) is 3. The summed E-state index contributed by atoms with van der Waals surface area (Å²) in [7, 11) is 1.70. The number of nitrogens with two attached hydrogens (primary N) is 1. The van der Waals surface area contributed by atoms with Crippen molar-refractivity contribution in [3.63, 3.8) is 0 Å². The van der Waals surface area contributed by atoms with Gasteiger partial charge in [0.2, 0.25) is 18.3 Å². The van der Waals surface area contributed by atoms with Crippen molar-refractivity contribution in [1.29, 1.82) is 0 Å². The first-order chi connectivity index (χ1) is 16.5. The van der Waals surface area contributed by atoms with Gasteiger partial charge >= 0.3 is 6.18 Å². The van der Waals surface area contributed by atoms with E-state index in [0.29, 0.717) is 29.9 Å². The Labute approximate surface area is 208 Å². The second-order valence-corrected chi connectivity index (χ2v) is 9.10. The Morgan fingerprint density at radius 1 is 1.23 bits per heavy atom. The number of halogens is 5. The van der Waals surface area contributed by atoms with Crippen LogP contribution in [0.1, 0.15) is 35.2 Å². The topological polar surface area (TPSA) is 109 Å². The van der Waals surface area contributed by atoms with Gasteiger partial charge in [0.15, 0.2) is 0 Å². The highest BCUT2D eigenvalue weighted by atomic mass is 35.5. The molecule has 0 saturated heterocycles. The number of benzene rings is 1. The van der Waals surface area contributed by atoms with Gasteiger partial charge < -0.3 is 16.4 Å². The van der Waals surface area contributed by atoms with Gasteiger partial charge in [-0.3, -0.25) is 10.0 Å². The van der Waals surface area contributed by atoms with E-state index < -0.39 is 23.1 Å². The first kappa shape index (κ1) is 25.1. The number of carbonyl (C=O) groups is 1. The highest BCUT2D eigenvalue weighted by Gasteiger charge is 2.54. The number of hydrogen-bond acceptors (Lipinski definition) is 5. The van der Waals surface area contributed by atoms with Crippen LogP contribution in [0.25, 0.3) is 5.69 Å². The van der Waals surface area contributed by atoms with E-state index >= 15 is 0 Å². The number of aromatic nitrogens is 3. The monoisotopic (exact) mass is 529 g/mol. The highest BCUT2D eigenvalue weighted by Crippen LogP contribution is 2.53. The minimum Gasteiger partial charge on any atom is -0.369 e. The van der Waals surface area contributed by atoms with Crippen LogP contribution in [0.3, 0.4) is 0 Å². The fourth-order valence-corrected chi connectivity index (χ4v) is 4.66. The Morgan fingerprint density at radius 3 is 2.31 bits per heavy atom. The van der Waals surface area contributed by atoms with Crippen LogP contribution in [-0.2, 0) is 29.5 Å². The van der Waals surface area contributed by atoms with Crippen molar-refractivity contribution in [2.24, 2.45) is 5.73 Å². The zero-order valence-electron chi connectivity index (χ0n) is 18.5. The van der Waals surface area contributed by atoms with Crippen molar-refractivity contribution < 1.29 is 27.9 Å². The molecule has 2 heterocycles. The minimum absolute atomic E-state index is 0.0361. The second-order valence-electron chi connectivity index (χ2n) is 8.29. The number of rotatable bonds is 8. The molecule has 1 aliphatic rings. The molecular formula is C22H22Cl2F3N6O2+. The molecule has 13 heteroatoms. The lowest BCUT2D eigenvalue weighted by Gasteiger charge is -2.18. The van der Waals surface area contributed by atoms with Crippen LogP contribution in [0.5, 0.6) is 0 Å². The third-order valence-corrected chi connectivity index (χ3v) is 6.48. The molecular weight excluding hydrogens is 508 g/mol. The Morgan fingerprint density at radius 2 is 1.83 bits per heavy atom. The van der Waals surface area contributed by atoms with Gasteiger partial charge in [0, 0.05) is 35.5 Å². The van der Waals surface area contributed by atoms with E-state index in [1.807, 2.05) is 0 Å². The lowest BCUT2D eigenvalue weighted by molar-refractivity contribution is -0.904. The molecule has 186 valence electrons. The average molecular weight is 530 g/mol. The summed E-state index contributed by atoms with van der Waals surface area (Å²) in [6, 6.07) is 4.90. The van der Waals surface area contributed by atoms with E-state index in [2.05, 4.69) is 15.7 Å². The van der Waals surface area contributed by atoms with E-state index in [-0.39, 0.29) is 28.8 Å². The summed E-state index contributed by atoms with van der Waals surface area (Å²) in [6.07, 6.45) is -0.748. The molecule has 1 aliphatic carbocycles. The molecule has 1 aromatic carbocycles. The highest BCUT2D eigenvalue weighted by molar-refractivity contribution is 6.38. The molecule has 1 amide bonds. The lowest BCUT2D eigenvalue weighted by Crippen LogP contribution is -2.30. The number of nitrogens with one attached hydrogen (secondary N) is 2. The molecule has 0 aliphatic heterocycles. The van der Waals surface area contributed by atoms with Crippen LogP contribution in [0.4, 0.5) is 19.0 Å². The molecule has 5 N–H and O–H groups in total. The van der Waals surface area contributed by atoms with E-state index in [0.717, 1.165) is 22.4 Å². The van der Waals surface area contributed by atoms with Crippen molar-refractivity contribution in [3.05, 3.63) is 69.1 Å². The second kappa shape index (κ2) is 9.21. The first-order valence-corrected chi connectivity index (χ1v) is 11.3.